The van der Waals surface area contributed by atoms with E-state index in [2.05, 4.69) is 76.8 Å². The van der Waals surface area contributed by atoms with Crippen LogP contribution in [0.15, 0.2) is 0 Å². The van der Waals surface area contributed by atoms with E-state index in [-0.39, 0.29) is 10.8 Å². The molecule has 0 unspecified atom stereocenters. The van der Waals surface area contributed by atoms with Crippen LogP contribution < -0.4 is 0 Å². The highest BCUT2D eigenvalue weighted by atomic mass is 28.4. The van der Waals surface area contributed by atoms with Crippen molar-refractivity contribution >= 4 is 22.2 Å². The van der Waals surface area contributed by atoms with E-state index in [1.54, 1.807) is 0 Å². The number of ketones is 1. The summed E-state index contributed by atoms with van der Waals surface area (Å²) in [5.41, 5.74) is 3.01. The van der Waals surface area contributed by atoms with Crippen molar-refractivity contribution < 1.29 is 9.22 Å². The molecule has 0 amide bonds. The second kappa shape index (κ2) is 6.56. The molecule has 19 heavy (non-hydrogen) atoms. The van der Waals surface area contributed by atoms with Gasteiger partial charge < -0.3 is 4.43 Å². The van der Waals surface area contributed by atoms with Crippen LogP contribution in [0.4, 0.5) is 0 Å². The van der Waals surface area contributed by atoms with Gasteiger partial charge in [-0.15, -0.1) is 5.54 Å². The van der Waals surface area contributed by atoms with E-state index in [4.69, 9.17) is 4.43 Å². The summed E-state index contributed by atoms with van der Waals surface area (Å²) in [7, 11) is -3.26. The Kier molecular flexibility index (Phi) is 6.28. The number of hydrogen-bond donors (Lipinski definition) is 0. The predicted octanol–water partition coefficient (Wildman–Crippen LogP) is 3.46. The summed E-state index contributed by atoms with van der Waals surface area (Å²) < 4.78 is 5.86. The van der Waals surface area contributed by atoms with Crippen molar-refractivity contribution in [2.75, 3.05) is 6.61 Å². The van der Waals surface area contributed by atoms with E-state index in [1.807, 2.05) is 0 Å². The standard InChI is InChI=1S/C15H26O2Si2/c1-15(2,3)19(7,8)17-12-9-10-14(16)11-13-18(4,5)6/h12H2,1-8H3. The van der Waals surface area contributed by atoms with Gasteiger partial charge in [0.2, 0.25) is 0 Å². The maximum atomic E-state index is 11.4. The van der Waals surface area contributed by atoms with Crippen LogP contribution in [0, 0.1) is 23.3 Å². The Hall–Kier alpha value is -0.816. The highest BCUT2D eigenvalue weighted by Crippen LogP contribution is 2.36. The number of carbonyl (C=O) groups is 1. The summed E-state index contributed by atoms with van der Waals surface area (Å²) in [5.74, 6) is 7.61. The first-order chi connectivity index (χ1) is 8.35. The fourth-order valence-electron chi connectivity index (χ4n) is 0.825. The molecule has 0 aliphatic heterocycles. The van der Waals surface area contributed by atoms with Gasteiger partial charge in [-0.2, -0.15) is 0 Å². The largest absolute Gasteiger partial charge is 0.406 e. The molecule has 2 nitrogen and oxygen atoms in total. The van der Waals surface area contributed by atoms with Crippen molar-refractivity contribution in [2.24, 2.45) is 0 Å². The second-order valence-corrected chi connectivity index (χ2v) is 16.7. The van der Waals surface area contributed by atoms with Crippen molar-refractivity contribution in [3.63, 3.8) is 0 Å². The summed E-state index contributed by atoms with van der Waals surface area (Å²) in [4.78, 5) is 11.4. The fraction of sp³-hybridized carbons (Fsp3) is 0.667. The van der Waals surface area contributed by atoms with Crippen molar-refractivity contribution in [1.29, 1.82) is 0 Å². The maximum Gasteiger partial charge on any atom is 0.278 e. The van der Waals surface area contributed by atoms with Crippen LogP contribution in [0.1, 0.15) is 20.8 Å². The van der Waals surface area contributed by atoms with Gasteiger partial charge >= 0.3 is 0 Å². The average molecular weight is 295 g/mol. The molecular formula is C15H26O2Si2. The molecule has 0 radical (unpaired) electrons. The van der Waals surface area contributed by atoms with Gasteiger partial charge in [0.15, 0.2) is 8.32 Å². The minimum absolute atomic E-state index is 0.163. The Balaban J connectivity index is 4.42. The molecule has 4 heteroatoms. The molecule has 0 saturated carbocycles. The molecule has 0 aromatic heterocycles. The van der Waals surface area contributed by atoms with Crippen molar-refractivity contribution in [1.82, 2.24) is 0 Å². The second-order valence-electron chi connectivity index (χ2n) is 7.18. The van der Waals surface area contributed by atoms with E-state index < -0.39 is 16.4 Å². The predicted molar refractivity (Wildman–Crippen MR) is 87.1 cm³/mol. The van der Waals surface area contributed by atoms with Crippen LogP contribution in [0.5, 0.6) is 0 Å². The topological polar surface area (TPSA) is 26.3 Å². The highest BCUT2D eigenvalue weighted by Gasteiger charge is 2.36. The molecule has 0 aliphatic rings. The molecule has 0 spiro atoms. The third-order valence-corrected chi connectivity index (χ3v) is 8.42. The van der Waals surface area contributed by atoms with Crippen LogP contribution in [0.3, 0.4) is 0 Å². The molecule has 0 aromatic carbocycles. The first kappa shape index (κ1) is 18.2. The van der Waals surface area contributed by atoms with E-state index in [0.717, 1.165) is 0 Å². The number of rotatable bonds is 2. The zero-order valence-corrected chi connectivity index (χ0v) is 15.5. The molecule has 0 N–H and O–H groups in total. The summed E-state index contributed by atoms with van der Waals surface area (Å²) in [5, 5.41) is 0.163. The summed E-state index contributed by atoms with van der Waals surface area (Å²) in [6.45, 7) is 17.5. The average Bonchev–Trinajstić information content (AvgIpc) is 2.19. The molecule has 0 aromatic rings. The van der Waals surface area contributed by atoms with Gasteiger partial charge in [-0.25, -0.2) is 0 Å². The van der Waals surface area contributed by atoms with Crippen LogP contribution in [-0.4, -0.2) is 28.8 Å². The summed E-state index contributed by atoms with van der Waals surface area (Å²) in [6.07, 6.45) is 0. The van der Waals surface area contributed by atoms with Crippen molar-refractivity contribution in [3.05, 3.63) is 0 Å². The Bertz CT molecular complexity index is 443. The molecular weight excluding hydrogens is 268 g/mol. The first-order valence-corrected chi connectivity index (χ1v) is 13.0. The van der Waals surface area contributed by atoms with Gasteiger partial charge in [-0.3, -0.25) is 4.79 Å². The smallest absolute Gasteiger partial charge is 0.278 e. The number of carbonyl (C=O) groups excluding carboxylic acids is 1. The van der Waals surface area contributed by atoms with Crippen molar-refractivity contribution in [3.8, 4) is 23.3 Å². The number of Topliss-reactive ketones (excluding diaryl/α,β-unsaturated/α-hetero) is 1. The molecule has 0 bridgehead atoms. The lowest BCUT2D eigenvalue weighted by molar-refractivity contribution is -0.108. The van der Waals surface area contributed by atoms with E-state index in [1.165, 1.54) is 0 Å². The van der Waals surface area contributed by atoms with Crippen LogP contribution >= 0.6 is 0 Å². The Morgan fingerprint density at radius 3 is 2.00 bits per heavy atom. The van der Waals surface area contributed by atoms with E-state index in [0.29, 0.717) is 6.61 Å². The lowest BCUT2D eigenvalue weighted by Gasteiger charge is -2.35. The minimum atomic E-state index is -1.77. The van der Waals surface area contributed by atoms with Crippen LogP contribution in [0.2, 0.25) is 37.8 Å². The normalized spacial score (nSPS) is 12.0. The van der Waals surface area contributed by atoms with Gasteiger partial charge in [0.25, 0.3) is 5.78 Å². The number of hydrogen-bond acceptors (Lipinski definition) is 2. The molecule has 0 aliphatic carbocycles. The van der Waals surface area contributed by atoms with Gasteiger partial charge in [0.05, 0.1) is 6.61 Å². The van der Waals surface area contributed by atoms with Gasteiger partial charge in [0, 0.05) is 0 Å². The zero-order valence-electron chi connectivity index (χ0n) is 13.5. The highest BCUT2D eigenvalue weighted by molar-refractivity contribution is 6.84. The Morgan fingerprint density at radius 1 is 1.05 bits per heavy atom. The van der Waals surface area contributed by atoms with Crippen LogP contribution in [-0.2, 0) is 9.22 Å². The zero-order chi connectivity index (χ0) is 15.3. The Morgan fingerprint density at radius 2 is 1.58 bits per heavy atom. The molecule has 0 rings (SSSR count). The van der Waals surface area contributed by atoms with E-state index in [9.17, 15) is 4.79 Å². The summed E-state index contributed by atoms with van der Waals surface area (Å²) in [6, 6.07) is 0. The van der Waals surface area contributed by atoms with Gasteiger partial charge in [-0.1, -0.05) is 46.3 Å². The van der Waals surface area contributed by atoms with Crippen molar-refractivity contribution in [2.45, 2.75) is 58.5 Å². The lowest BCUT2D eigenvalue weighted by Crippen LogP contribution is -2.40. The summed E-state index contributed by atoms with van der Waals surface area (Å²) >= 11 is 0. The lowest BCUT2D eigenvalue weighted by atomic mass is 10.2. The van der Waals surface area contributed by atoms with Crippen LogP contribution in [0.25, 0.3) is 0 Å². The van der Waals surface area contributed by atoms with Gasteiger partial charge in [0.1, 0.15) is 8.07 Å². The fourth-order valence-corrected chi connectivity index (χ4v) is 2.18. The Labute approximate surface area is 120 Å². The molecule has 0 saturated heterocycles. The molecule has 0 atom stereocenters. The molecule has 106 valence electrons. The SMILES string of the molecule is CC(C)(C)[Si](C)(C)OCC#CC(=O)C#C[Si](C)(C)C. The quantitative estimate of drug-likeness (QED) is 0.443. The van der Waals surface area contributed by atoms with Gasteiger partial charge in [-0.05, 0) is 30.0 Å². The third-order valence-electron chi connectivity index (χ3n) is 3.06. The monoisotopic (exact) mass is 294 g/mol. The van der Waals surface area contributed by atoms with E-state index >= 15 is 0 Å². The third kappa shape index (κ3) is 8.05. The minimum Gasteiger partial charge on any atom is -0.406 e. The molecule has 0 heterocycles. The molecule has 0 fully saturated rings. The maximum absolute atomic E-state index is 11.4. The first-order valence-electron chi connectivity index (χ1n) is 6.55.